The molecule has 6 nitrogen and oxygen atoms in total. The zero-order valence-corrected chi connectivity index (χ0v) is 15.6. The van der Waals surface area contributed by atoms with Gasteiger partial charge in [0.05, 0.1) is 6.04 Å². The Morgan fingerprint density at radius 3 is 2.79 bits per heavy atom. The van der Waals surface area contributed by atoms with Crippen molar-refractivity contribution in [3.8, 4) is 0 Å². The van der Waals surface area contributed by atoms with Gasteiger partial charge in [0.2, 0.25) is 5.91 Å². The van der Waals surface area contributed by atoms with E-state index in [9.17, 15) is 9.59 Å². The molecule has 0 spiro atoms. The maximum absolute atomic E-state index is 12.2. The molecule has 0 aromatic carbocycles. The van der Waals surface area contributed by atoms with Gasteiger partial charge in [-0.2, -0.15) is 0 Å². The summed E-state index contributed by atoms with van der Waals surface area (Å²) in [6.07, 6.45) is 4.70. The highest BCUT2D eigenvalue weighted by molar-refractivity contribution is 5.81. The summed E-state index contributed by atoms with van der Waals surface area (Å²) in [6.45, 7) is 10.0. The van der Waals surface area contributed by atoms with Gasteiger partial charge in [0, 0.05) is 25.7 Å². The number of nitrogens with zero attached hydrogens (tertiary/aromatic N) is 1. The van der Waals surface area contributed by atoms with E-state index in [0.29, 0.717) is 12.5 Å². The Labute approximate surface area is 145 Å². The number of ether oxygens (including phenoxy) is 1. The Balaban J connectivity index is 1.89. The van der Waals surface area contributed by atoms with Crippen LogP contribution in [0.2, 0.25) is 0 Å². The molecule has 2 amide bonds. The number of hydrogen-bond donors (Lipinski definition) is 2. The number of rotatable bonds is 4. The molecule has 2 heterocycles. The lowest BCUT2D eigenvalue weighted by Crippen LogP contribution is -2.50. The van der Waals surface area contributed by atoms with Gasteiger partial charge < -0.3 is 20.3 Å². The van der Waals surface area contributed by atoms with Crippen molar-refractivity contribution in [2.45, 2.75) is 77.5 Å². The Morgan fingerprint density at radius 2 is 2.12 bits per heavy atom. The first kappa shape index (κ1) is 19.0. The molecular weight excluding hydrogens is 306 g/mol. The fourth-order valence-corrected chi connectivity index (χ4v) is 3.55. The van der Waals surface area contributed by atoms with E-state index in [0.717, 1.165) is 45.2 Å². The van der Waals surface area contributed by atoms with E-state index in [2.05, 4.69) is 17.6 Å². The van der Waals surface area contributed by atoms with Gasteiger partial charge in [0.1, 0.15) is 5.60 Å². The van der Waals surface area contributed by atoms with Crippen molar-refractivity contribution in [2.24, 2.45) is 5.92 Å². The third-order valence-electron chi connectivity index (χ3n) is 4.84. The Bertz CT molecular complexity index is 447. The van der Waals surface area contributed by atoms with Crippen molar-refractivity contribution in [1.29, 1.82) is 0 Å². The van der Waals surface area contributed by atoms with Gasteiger partial charge in [-0.1, -0.05) is 6.92 Å². The van der Waals surface area contributed by atoms with Crippen molar-refractivity contribution in [2.75, 3.05) is 19.6 Å². The van der Waals surface area contributed by atoms with E-state index in [4.69, 9.17) is 4.74 Å². The first-order valence-electron chi connectivity index (χ1n) is 9.32. The van der Waals surface area contributed by atoms with Crippen LogP contribution >= 0.6 is 0 Å². The van der Waals surface area contributed by atoms with Gasteiger partial charge in [-0.3, -0.25) is 4.79 Å². The Hall–Kier alpha value is -1.30. The fourth-order valence-electron chi connectivity index (χ4n) is 3.55. The van der Waals surface area contributed by atoms with Crippen LogP contribution in [-0.4, -0.2) is 54.2 Å². The SMILES string of the molecule is CCC(NC1CCCCNC1=O)C1CCN(C(=O)OC(C)(C)C)C1. The van der Waals surface area contributed by atoms with Crippen LogP contribution in [0.5, 0.6) is 0 Å². The van der Waals surface area contributed by atoms with Gasteiger partial charge in [-0.15, -0.1) is 0 Å². The molecule has 6 heteroatoms. The summed E-state index contributed by atoms with van der Waals surface area (Å²) in [5.41, 5.74) is -0.462. The number of amides is 2. The smallest absolute Gasteiger partial charge is 0.410 e. The molecule has 3 unspecified atom stereocenters. The van der Waals surface area contributed by atoms with E-state index < -0.39 is 5.60 Å². The van der Waals surface area contributed by atoms with E-state index >= 15 is 0 Å². The normalized spacial score (nSPS) is 26.7. The topological polar surface area (TPSA) is 70.7 Å². The van der Waals surface area contributed by atoms with Crippen LogP contribution in [0.15, 0.2) is 0 Å². The highest BCUT2D eigenvalue weighted by Gasteiger charge is 2.35. The molecule has 2 saturated heterocycles. The molecule has 2 aliphatic heterocycles. The van der Waals surface area contributed by atoms with E-state index in [1.165, 1.54) is 0 Å². The van der Waals surface area contributed by atoms with Crippen LogP contribution in [-0.2, 0) is 9.53 Å². The van der Waals surface area contributed by atoms with Gasteiger partial charge in [0.25, 0.3) is 0 Å². The molecule has 24 heavy (non-hydrogen) atoms. The number of nitrogens with one attached hydrogen (secondary N) is 2. The summed E-state index contributed by atoms with van der Waals surface area (Å²) in [7, 11) is 0. The van der Waals surface area contributed by atoms with Crippen molar-refractivity contribution in [3.63, 3.8) is 0 Å². The standard InChI is InChI=1S/C18H33N3O3/c1-5-14(20-15-8-6-7-10-19-16(15)22)13-9-11-21(12-13)17(23)24-18(2,3)4/h13-15,20H,5-12H2,1-4H3,(H,19,22). The van der Waals surface area contributed by atoms with Gasteiger partial charge >= 0.3 is 6.09 Å². The van der Waals surface area contributed by atoms with Crippen molar-refractivity contribution < 1.29 is 14.3 Å². The molecule has 0 aromatic heterocycles. The van der Waals surface area contributed by atoms with E-state index in [1.807, 2.05) is 20.8 Å². The second-order valence-electron chi connectivity index (χ2n) is 8.00. The Morgan fingerprint density at radius 1 is 1.38 bits per heavy atom. The zero-order valence-electron chi connectivity index (χ0n) is 15.6. The molecule has 3 atom stereocenters. The minimum atomic E-state index is -0.462. The third-order valence-corrected chi connectivity index (χ3v) is 4.84. The second-order valence-corrected chi connectivity index (χ2v) is 8.00. The van der Waals surface area contributed by atoms with Crippen LogP contribution in [0.3, 0.4) is 0 Å². The molecule has 0 aliphatic carbocycles. The maximum atomic E-state index is 12.2. The number of carbonyl (C=O) groups is 2. The van der Waals surface area contributed by atoms with Gasteiger partial charge in [0.15, 0.2) is 0 Å². The molecule has 0 bridgehead atoms. The predicted octanol–water partition coefficient (Wildman–Crippen LogP) is 2.28. The summed E-state index contributed by atoms with van der Waals surface area (Å²) < 4.78 is 5.47. The van der Waals surface area contributed by atoms with Crippen LogP contribution in [0.1, 0.15) is 59.8 Å². The molecule has 0 aromatic rings. The number of carbonyl (C=O) groups excluding carboxylic acids is 2. The van der Waals surface area contributed by atoms with Crippen LogP contribution in [0, 0.1) is 5.92 Å². The average Bonchev–Trinajstić information content (AvgIpc) is 2.89. The summed E-state index contributed by atoms with van der Waals surface area (Å²) >= 11 is 0. The molecule has 2 rings (SSSR count). The van der Waals surface area contributed by atoms with E-state index in [1.54, 1.807) is 4.90 Å². The van der Waals surface area contributed by atoms with Crippen molar-refractivity contribution in [3.05, 3.63) is 0 Å². The van der Waals surface area contributed by atoms with Crippen LogP contribution in [0.4, 0.5) is 4.79 Å². The molecule has 2 fully saturated rings. The molecule has 2 aliphatic rings. The quantitative estimate of drug-likeness (QED) is 0.824. The summed E-state index contributed by atoms with van der Waals surface area (Å²) in [5.74, 6) is 0.492. The van der Waals surface area contributed by atoms with Crippen LogP contribution < -0.4 is 10.6 Å². The van der Waals surface area contributed by atoms with Gasteiger partial charge in [-0.05, 0) is 58.8 Å². The largest absolute Gasteiger partial charge is 0.444 e. The number of hydrogen-bond acceptors (Lipinski definition) is 4. The highest BCUT2D eigenvalue weighted by Crippen LogP contribution is 2.24. The first-order chi connectivity index (χ1) is 11.3. The highest BCUT2D eigenvalue weighted by atomic mass is 16.6. The zero-order chi connectivity index (χ0) is 17.7. The van der Waals surface area contributed by atoms with Crippen LogP contribution in [0.25, 0.3) is 0 Å². The predicted molar refractivity (Wildman–Crippen MR) is 93.8 cm³/mol. The maximum Gasteiger partial charge on any atom is 0.410 e. The second kappa shape index (κ2) is 8.19. The fraction of sp³-hybridized carbons (Fsp3) is 0.889. The van der Waals surface area contributed by atoms with E-state index in [-0.39, 0.29) is 24.1 Å². The lowest BCUT2D eigenvalue weighted by atomic mass is 9.95. The van der Waals surface area contributed by atoms with Gasteiger partial charge in [-0.25, -0.2) is 4.79 Å². The lowest BCUT2D eigenvalue weighted by Gasteiger charge is -2.28. The molecule has 0 radical (unpaired) electrons. The van der Waals surface area contributed by atoms with Crippen molar-refractivity contribution in [1.82, 2.24) is 15.5 Å². The minimum Gasteiger partial charge on any atom is -0.444 e. The summed E-state index contributed by atoms with van der Waals surface area (Å²) in [6, 6.07) is 0.152. The Kier molecular flexibility index (Phi) is 6.49. The molecule has 0 saturated carbocycles. The minimum absolute atomic E-state index is 0.104. The first-order valence-corrected chi connectivity index (χ1v) is 9.32. The molecule has 2 N–H and O–H groups in total. The monoisotopic (exact) mass is 339 g/mol. The number of likely N-dealkylation sites (tertiary alicyclic amines) is 1. The lowest BCUT2D eigenvalue weighted by molar-refractivity contribution is -0.123. The summed E-state index contributed by atoms with van der Waals surface area (Å²) in [4.78, 5) is 26.2. The summed E-state index contributed by atoms with van der Waals surface area (Å²) in [5, 5.41) is 6.54. The molecular formula is C18H33N3O3. The third kappa shape index (κ3) is 5.36. The van der Waals surface area contributed by atoms with Crippen molar-refractivity contribution >= 4 is 12.0 Å². The molecule has 138 valence electrons. The average molecular weight is 339 g/mol.